The Labute approximate surface area is 67.2 Å². The number of hydrogen-bond donors (Lipinski definition) is 0. The van der Waals surface area contributed by atoms with E-state index in [1.165, 1.54) is 5.57 Å². The van der Waals surface area contributed by atoms with Crippen LogP contribution in [-0.4, -0.2) is 19.0 Å². The van der Waals surface area contributed by atoms with Crippen molar-refractivity contribution in [3.8, 4) is 0 Å². The van der Waals surface area contributed by atoms with E-state index in [-0.39, 0.29) is 6.29 Å². The molecule has 2 atom stereocenters. The summed E-state index contributed by atoms with van der Waals surface area (Å²) in [7, 11) is 0. The third-order valence-corrected chi connectivity index (χ3v) is 2.33. The van der Waals surface area contributed by atoms with Gasteiger partial charge < -0.3 is 9.47 Å². The number of ether oxygens (including phenoxy) is 2. The zero-order chi connectivity index (χ0) is 7.84. The molecular weight excluding hydrogens is 140 g/mol. The van der Waals surface area contributed by atoms with Crippen LogP contribution in [0.3, 0.4) is 0 Å². The second kappa shape index (κ2) is 2.61. The Morgan fingerprint density at radius 2 is 2.36 bits per heavy atom. The van der Waals surface area contributed by atoms with Crippen LogP contribution in [0, 0.1) is 5.92 Å². The lowest BCUT2D eigenvalue weighted by atomic mass is 9.96. The zero-order valence-corrected chi connectivity index (χ0v) is 7.04. The fourth-order valence-corrected chi connectivity index (χ4v) is 1.60. The first kappa shape index (κ1) is 7.32. The molecule has 0 spiro atoms. The van der Waals surface area contributed by atoms with Gasteiger partial charge in [0.1, 0.15) is 0 Å². The first-order chi connectivity index (χ1) is 5.25. The second-order valence-electron chi connectivity index (χ2n) is 3.56. The monoisotopic (exact) mass is 154 g/mol. The maximum absolute atomic E-state index is 5.48. The Balaban J connectivity index is 2.13. The van der Waals surface area contributed by atoms with E-state index in [2.05, 4.69) is 19.9 Å². The maximum Gasteiger partial charge on any atom is 0.177 e. The minimum absolute atomic E-state index is 0.0360. The molecule has 1 saturated heterocycles. The molecule has 2 aliphatic rings. The van der Waals surface area contributed by atoms with Crippen molar-refractivity contribution >= 4 is 0 Å². The van der Waals surface area contributed by atoms with E-state index in [0.717, 1.165) is 13.0 Å². The van der Waals surface area contributed by atoms with Gasteiger partial charge in [0.15, 0.2) is 6.29 Å². The van der Waals surface area contributed by atoms with Crippen LogP contribution < -0.4 is 0 Å². The van der Waals surface area contributed by atoms with E-state index >= 15 is 0 Å². The van der Waals surface area contributed by atoms with Crippen molar-refractivity contribution in [2.45, 2.75) is 32.7 Å². The molecule has 0 aromatic heterocycles. The smallest absolute Gasteiger partial charge is 0.177 e. The molecule has 0 aromatic rings. The third-order valence-electron chi connectivity index (χ3n) is 2.33. The molecule has 0 radical (unpaired) electrons. The lowest BCUT2D eigenvalue weighted by Gasteiger charge is -2.20. The predicted molar refractivity (Wildman–Crippen MR) is 42.2 cm³/mol. The molecule has 2 rings (SSSR count). The summed E-state index contributed by atoms with van der Waals surface area (Å²) in [6.45, 7) is 5.21. The lowest BCUT2D eigenvalue weighted by molar-refractivity contribution is -0.0276. The van der Waals surface area contributed by atoms with E-state index in [1.54, 1.807) is 0 Å². The van der Waals surface area contributed by atoms with Gasteiger partial charge in [-0.3, -0.25) is 0 Å². The number of rotatable bonds is 1. The molecule has 0 aliphatic carbocycles. The first-order valence-corrected chi connectivity index (χ1v) is 4.23. The summed E-state index contributed by atoms with van der Waals surface area (Å²) in [6.07, 6.45) is 3.48. The van der Waals surface area contributed by atoms with Crippen molar-refractivity contribution < 1.29 is 9.47 Å². The molecular formula is C9H14O2. The van der Waals surface area contributed by atoms with Crippen LogP contribution in [0.1, 0.15) is 20.3 Å². The topological polar surface area (TPSA) is 18.5 Å². The molecule has 1 fully saturated rings. The van der Waals surface area contributed by atoms with Crippen LogP contribution in [0.5, 0.6) is 0 Å². The number of hydrogen-bond acceptors (Lipinski definition) is 2. The molecule has 2 bridgehead atoms. The van der Waals surface area contributed by atoms with E-state index in [1.807, 2.05) is 0 Å². The van der Waals surface area contributed by atoms with Crippen molar-refractivity contribution in [2.24, 2.45) is 5.92 Å². The standard InChI is InChI=1S/C9H14O2/c1-6(2)7-3-8-5-10-9(4-7)11-8/h4,6,8-9H,3,5H2,1-2H3. The lowest BCUT2D eigenvalue weighted by Crippen LogP contribution is -2.19. The average molecular weight is 154 g/mol. The van der Waals surface area contributed by atoms with E-state index in [0.29, 0.717) is 12.0 Å². The van der Waals surface area contributed by atoms with Crippen molar-refractivity contribution in [1.82, 2.24) is 0 Å². The summed E-state index contributed by atoms with van der Waals surface area (Å²) in [6, 6.07) is 0. The van der Waals surface area contributed by atoms with Crippen molar-refractivity contribution in [3.63, 3.8) is 0 Å². The maximum atomic E-state index is 5.48. The molecule has 0 amide bonds. The van der Waals surface area contributed by atoms with Crippen LogP contribution in [0.15, 0.2) is 11.6 Å². The van der Waals surface area contributed by atoms with Crippen molar-refractivity contribution in [3.05, 3.63) is 11.6 Å². The SMILES string of the molecule is CC(C)C1=CC2OCC(C1)O2. The quantitative estimate of drug-likeness (QED) is 0.535. The number of fused-ring (bicyclic) bond motifs is 2. The highest BCUT2D eigenvalue weighted by molar-refractivity contribution is 5.12. The van der Waals surface area contributed by atoms with Crippen molar-refractivity contribution in [1.29, 1.82) is 0 Å². The highest BCUT2D eigenvalue weighted by Gasteiger charge is 2.30. The molecule has 0 N–H and O–H groups in total. The van der Waals surface area contributed by atoms with Crippen LogP contribution in [-0.2, 0) is 9.47 Å². The summed E-state index contributed by atoms with van der Waals surface area (Å²) in [5, 5.41) is 0. The summed E-state index contributed by atoms with van der Waals surface area (Å²) in [5.74, 6) is 0.644. The summed E-state index contributed by atoms with van der Waals surface area (Å²) in [5.41, 5.74) is 1.49. The Hall–Kier alpha value is -0.340. The largest absolute Gasteiger partial charge is 0.346 e. The second-order valence-corrected chi connectivity index (χ2v) is 3.56. The Bertz CT molecular complexity index is 184. The first-order valence-electron chi connectivity index (χ1n) is 4.23. The average Bonchev–Trinajstić information content (AvgIpc) is 2.30. The van der Waals surface area contributed by atoms with Gasteiger partial charge in [0.25, 0.3) is 0 Å². The van der Waals surface area contributed by atoms with E-state index in [4.69, 9.17) is 9.47 Å². The molecule has 2 nitrogen and oxygen atoms in total. The predicted octanol–water partition coefficient (Wildman–Crippen LogP) is 1.71. The van der Waals surface area contributed by atoms with Gasteiger partial charge in [-0.05, 0) is 18.4 Å². The van der Waals surface area contributed by atoms with E-state index in [9.17, 15) is 0 Å². The van der Waals surface area contributed by atoms with Crippen LogP contribution in [0.2, 0.25) is 0 Å². The van der Waals surface area contributed by atoms with Crippen LogP contribution in [0.4, 0.5) is 0 Å². The summed E-state index contributed by atoms with van der Waals surface area (Å²) < 4.78 is 10.8. The van der Waals surface area contributed by atoms with Gasteiger partial charge in [-0.25, -0.2) is 0 Å². The van der Waals surface area contributed by atoms with Gasteiger partial charge in [0.05, 0.1) is 12.7 Å². The fraction of sp³-hybridized carbons (Fsp3) is 0.778. The molecule has 2 unspecified atom stereocenters. The van der Waals surface area contributed by atoms with Gasteiger partial charge in [-0.15, -0.1) is 0 Å². The van der Waals surface area contributed by atoms with Gasteiger partial charge in [-0.1, -0.05) is 19.4 Å². The molecule has 2 heterocycles. The van der Waals surface area contributed by atoms with Crippen LogP contribution in [0.25, 0.3) is 0 Å². The van der Waals surface area contributed by atoms with Gasteiger partial charge in [-0.2, -0.15) is 0 Å². The molecule has 0 saturated carbocycles. The Morgan fingerprint density at radius 1 is 1.55 bits per heavy atom. The highest BCUT2D eigenvalue weighted by Crippen LogP contribution is 2.29. The minimum Gasteiger partial charge on any atom is -0.346 e. The Kier molecular flexibility index (Phi) is 1.74. The normalized spacial score (nSPS) is 36.1. The van der Waals surface area contributed by atoms with Crippen LogP contribution >= 0.6 is 0 Å². The third kappa shape index (κ3) is 1.33. The van der Waals surface area contributed by atoms with Gasteiger partial charge in [0, 0.05) is 0 Å². The molecule has 2 aliphatic heterocycles. The highest BCUT2D eigenvalue weighted by atomic mass is 16.7. The molecule has 62 valence electrons. The zero-order valence-electron chi connectivity index (χ0n) is 7.04. The van der Waals surface area contributed by atoms with Gasteiger partial charge in [0.2, 0.25) is 0 Å². The molecule has 2 heteroatoms. The van der Waals surface area contributed by atoms with Gasteiger partial charge >= 0.3 is 0 Å². The molecule has 0 aromatic carbocycles. The summed E-state index contributed by atoms with van der Waals surface area (Å²) in [4.78, 5) is 0. The fourth-order valence-electron chi connectivity index (χ4n) is 1.60. The summed E-state index contributed by atoms with van der Waals surface area (Å²) >= 11 is 0. The Morgan fingerprint density at radius 3 is 3.00 bits per heavy atom. The minimum atomic E-state index is -0.0360. The molecule has 11 heavy (non-hydrogen) atoms. The van der Waals surface area contributed by atoms with E-state index < -0.39 is 0 Å². The van der Waals surface area contributed by atoms with Crippen molar-refractivity contribution in [2.75, 3.05) is 6.61 Å².